The molecule has 2 rings (SSSR count). The normalized spacial score (nSPS) is 10.2. The monoisotopic (exact) mass is 276 g/mol. The Hall–Kier alpha value is -2.00. The summed E-state index contributed by atoms with van der Waals surface area (Å²) >= 11 is 6.05. The standard InChI is InChI=1S/C15H13ClO3/c1-10-3-2-4-12(7-10)19-14-8-11(9-15(17)18)5-6-13(14)16/h2-8H,9H2,1H3,(H,17,18). The van der Waals surface area contributed by atoms with Crippen molar-refractivity contribution in [1.82, 2.24) is 0 Å². The quantitative estimate of drug-likeness (QED) is 0.916. The molecule has 4 heteroatoms. The van der Waals surface area contributed by atoms with E-state index in [0.717, 1.165) is 5.56 Å². The summed E-state index contributed by atoms with van der Waals surface area (Å²) < 4.78 is 5.69. The SMILES string of the molecule is Cc1cccc(Oc2cc(CC(=O)O)ccc2Cl)c1. The number of rotatable bonds is 4. The third kappa shape index (κ3) is 3.73. The van der Waals surface area contributed by atoms with Crippen molar-refractivity contribution >= 4 is 17.6 Å². The Balaban J connectivity index is 2.26. The van der Waals surface area contributed by atoms with E-state index in [2.05, 4.69) is 0 Å². The molecule has 0 saturated heterocycles. The van der Waals surface area contributed by atoms with Gasteiger partial charge in [-0.25, -0.2) is 0 Å². The third-order valence-electron chi connectivity index (χ3n) is 2.57. The molecule has 1 N–H and O–H groups in total. The van der Waals surface area contributed by atoms with Crippen LogP contribution in [0.2, 0.25) is 5.02 Å². The van der Waals surface area contributed by atoms with Crippen LogP contribution in [0.4, 0.5) is 0 Å². The highest BCUT2D eigenvalue weighted by Crippen LogP contribution is 2.30. The fraction of sp³-hybridized carbons (Fsp3) is 0.133. The van der Waals surface area contributed by atoms with Crippen molar-refractivity contribution in [2.45, 2.75) is 13.3 Å². The minimum Gasteiger partial charge on any atom is -0.481 e. The first kappa shape index (κ1) is 13.4. The van der Waals surface area contributed by atoms with Crippen LogP contribution in [-0.2, 0) is 11.2 Å². The van der Waals surface area contributed by atoms with E-state index in [-0.39, 0.29) is 6.42 Å². The Bertz CT molecular complexity index is 608. The first-order chi connectivity index (χ1) is 9.04. The van der Waals surface area contributed by atoms with E-state index in [4.69, 9.17) is 21.4 Å². The lowest BCUT2D eigenvalue weighted by atomic mass is 10.1. The average Bonchev–Trinajstić information content (AvgIpc) is 2.33. The Morgan fingerprint density at radius 2 is 2.05 bits per heavy atom. The molecule has 0 saturated carbocycles. The van der Waals surface area contributed by atoms with Gasteiger partial charge in [-0.3, -0.25) is 4.79 Å². The molecule has 0 atom stereocenters. The number of hydrogen-bond donors (Lipinski definition) is 1. The molecular weight excluding hydrogens is 264 g/mol. The van der Waals surface area contributed by atoms with E-state index in [0.29, 0.717) is 22.1 Å². The summed E-state index contributed by atoms with van der Waals surface area (Å²) in [5.74, 6) is 0.254. The van der Waals surface area contributed by atoms with Crippen LogP contribution >= 0.6 is 11.6 Å². The van der Waals surface area contributed by atoms with Crippen molar-refractivity contribution in [1.29, 1.82) is 0 Å². The third-order valence-corrected chi connectivity index (χ3v) is 2.88. The molecule has 0 aliphatic carbocycles. The van der Waals surface area contributed by atoms with E-state index in [1.807, 2.05) is 31.2 Å². The molecule has 2 aromatic rings. The van der Waals surface area contributed by atoms with Crippen LogP contribution < -0.4 is 4.74 Å². The smallest absolute Gasteiger partial charge is 0.307 e. The maximum Gasteiger partial charge on any atom is 0.307 e. The first-order valence-electron chi connectivity index (χ1n) is 5.79. The van der Waals surface area contributed by atoms with Gasteiger partial charge < -0.3 is 9.84 Å². The number of aliphatic carboxylic acids is 1. The Morgan fingerprint density at radius 3 is 2.74 bits per heavy atom. The maximum atomic E-state index is 10.7. The first-order valence-corrected chi connectivity index (χ1v) is 6.17. The number of carbonyl (C=O) groups is 1. The molecule has 2 aromatic carbocycles. The molecule has 0 heterocycles. The van der Waals surface area contributed by atoms with Gasteiger partial charge in [-0.1, -0.05) is 29.8 Å². The van der Waals surface area contributed by atoms with E-state index < -0.39 is 5.97 Å². The Morgan fingerprint density at radius 1 is 1.26 bits per heavy atom. The summed E-state index contributed by atoms with van der Waals surface area (Å²) in [6.07, 6.45) is -0.0542. The van der Waals surface area contributed by atoms with Gasteiger partial charge in [0.25, 0.3) is 0 Å². The average molecular weight is 277 g/mol. The lowest BCUT2D eigenvalue weighted by Crippen LogP contribution is -2.00. The zero-order valence-electron chi connectivity index (χ0n) is 10.4. The van der Waals surface area contributed by atoms with Crippen molar-refractivity contribution in [3.05, 3.63) is 58.6 Å². The van der Waals surface area contributed by atoms with E-state index >= 15 is 0 Å². The molecule has 98 valence electrons. The van der Waals surface area contributed by atoms with E-state index in [1.165, 1.54) is 0 Å². The molecule has 0 radical (unpaired) electrons. The summed E-state index contributed by atoms with van der Waals surface area (Å²) in [6.45, 7) is 1.97. The Kier molecular flexibility index (Phi) is 4.07. The summed E-state index contributed by atoms with van der Waals surface area (Å²) in [5, 5.41) is 9.23. The highest BCUT2D eigenvalue weighted by Gasteiger charge is 2.07. The van der Waals surface area contributed by atoms with Gasteiger partial charge in [-0.05, 0) is 42.3 Å². The van der Waals surface area contributed by atoms with Gasteiger partial charge in [0.15, 0.2) is 0 Å². The number of hydrogen-bond acceptors (Lipinski definition) is 2. The second-order valence-electron chi connectivity index (χ2n) is 4.25. The van der Waals surface area contributed by atoms with Crippen LogP contribution in [-0.4, -0.2) is 11.1 Å². The number of carboxylic acids is 1. The number of carboxylic acid groups (broad SMARTS) is 1. The van der Waals surface area contributed by atoms with Crippen LogP contribution in [0.5, 0.6) is 11.5 Å². The number of benzene rings is 2. The summed E-state index contributed by atoms with van der Waals surface area (Å²) in [5.41, 5.74) is 1.73. The zero-order chi connectivity index (χ0) is 13.8. The minimum atomic E-state index is -0.885. The lowest BCUT2D eigenvalue weighted by molar-refractivity contribution is -0.136. The molecular formula is C15H13ClO3. The van der Waals surface area contributed by atoms with Gasteiger partial charge in [0.05, 0.1) is 11.4 Å². The molecule has 0 aromatic heterocycles. The Labute approximate surface area is 116 Å². The predicted octanol–water partition coefficient (Wildman–Crippen LogP) is 4.07. The summed E-state index contributed by atoms with van der Waals surface area (Å²) in [4.78, 5) is 10.7. The highest BCUT2D eigenvalue weighted by atomic mass is 35.5. The molecule has 0 spiro atoms. The predicted molar refractivity (Wildman–Crippen MR) is 74.0 cm³/mol. The fourth-order valence-corrected chi connectivity index (χ4v) is 1.87. The van der Waals surface area contributed by atoms with Crippen LogP contribution in [0.15, 0.2) is 42.5 Å². The molecule has 3 nitrogen and oxygen atoms in total. The van der Waals surface area contributed by atoms with Gasteiger partial charge in [-0.2, -0.15) is 0 Å². The van der Waals surface area contributed by atoms with Crippen molar-refractivity contribution in [3.8, 4) is 11.5 Å². The molecule has 0 bridgehead atoms. The van der Waals surface area contributed by atoms with Gasteiger partial charge in [0.2, 0.25) is 0 Å². The largest absolute Gasteiger partial charge is 0.481 e. The van der Waals surface area contributed by atoms with Crippen LogP contribution in [0.1, 0.15) is 11.1 Å². The van der Waals surface area contributed by atoms with E-state index in [9.17, 15) is 4.79 Å². The van der Waals surface area contributed by atoms with Crippen molar-refractivity contribution in [2.24, 2.45) is 0 Å². The van der Waals surface area contributed by atoms with Crippen molar-refractivity contribution < 1.29 is 14.6 Å². The molecule has 0 amide bonds. The highest BCUT2D eigenvalue weighted by molar-refractivity contribution is 6.32. The molecule has 0 fully saturated rings. The fourth-order valence-electron chi connectivity index (χ4n) is 1.72. The van der Waals surface area contributed by atoms with Crippen molar-refractivity contribution in [2.75, 3.05) is 0 Å². The lowest BCUT2D eigenvalue weighted by Gasteiger charge is -2.09. The molecule has 0 aliphatic rings. The second kappa shape index (κ2) is 5.76. The number of aryl methyl sites for hydroxylation is 1. The molecule has 0 unspecified atom stereocenters. The molecule has 19 heavy (non-hydrogen) atoms. The summed E-state index contributed by atoms with van der Waals surface area (Å²) in [7, 11) is 0. The summed E-state index contributed by atoms with van der Waals surface area (Å²) in [6, 6.07) is 12.5. The molecule has 0 aliphatic heterocycles. The topological polar surface area (TPSA) is 46.5 Å². The van der Waals surface area contributed by atoms with Gasteiger partial charge in [0.1, 0.15) is 11.5 Å². The minimum absolute atomic E-state index is 0.0542. The van der Waals surface area contributed by atoms with Gasteiger partial charge in [-0.15, -0.1) is 0 Å². The maximum absolute atomic E-state index is 10.7. The zero-order valence-corrected chi connectivity index (χ0v) is 11.1. The number of halogens is 1. The van der Waals surface area contributed by atoms with Crippen molar-refractivity contribution in [3.63, 3.8) is 0 Å². The number of ether oxygens (including phenoxy) is 1. The van der Waals surface area contributed by atoms with Crippen LogP contribution in [0.3, 0.4) is 0 Å². The second-order valence-corrected chi connectivity index (χ2v) is 4.66. The van der Waals surface area contributed by atoms with Crippen LogP contribution in [0, 0.1) is 6.92 Å². The van der Waals surface area contributed by atoms with Gasteiger partial charge in [0, 0.05) is 0 Å². The van der Waals surface area contributed by atoms with Gasteiger partial charge >= 0.3 is 5.97 Å². The van der Waals surface area contributed by atoms with Crippen LogP contribution in [0.25, 0.3) is 0 Å². The van der Waals surface area contributed by atoms with E-state index in [1.54, 1.807) is 18.2 Å².